The van der Waals surface area contributed by atoms with E-state index in [0.29, 0.717) is 30.0 Å². The molecule has 0 aliphatic heterocycles. The largest absolute Gasteiger partial charge is 0.356 e. The van der Waals surface area contributed by atoms with Crippen molar-refractivity contribution in [3.8, 4) is 0 Å². The summed E-state index contributed by atoms with van der Waals surface area (Å²) in [5.41, 5.74) is 0.964. The molecule has 0 fully saturated rings. The summed E-state index contributed by atoms with van der Waals surface area (Å²) in [6.45, 7) is 0.539. The van der Waals surface area contributed by atoms with Crippen LogP contribution in [0.5, 0.6) is 0 Å². The number of imidazole rings is 1. The van der Waals surface area contributed by atoms with Crippen molar-refractivity contribution < 1.29 is 13.6 Å². The summed E-state index contributed by atoms with van der Waals surface area (Å²) < 4.78 is 25.7. The lowest BCUT2D eigenvalue weighted by Crippen LogP contribution is -2.25. The van der Waals surface area contributed by atoms with E-state index in [1.54, 1.807) is 12.5 Å². The summed E-state index contributed by atoms with van der Waals surface area (Å²) in [5, 5.41) is 2.79. The fourth-order valence-electron chi connectivity index (χ4n) is 1.67. The van der Waals surface area contributed by atoms with Gasteiger partial charge in [-0.2, -0.15) is 0 Å². The van der Waals surface area contributed by atoms with E-state index in [9.17, 15) is 13.6 Å². The molecule has 0 radical (unpaired) electrons. The number of carbonyl (C=O) groups excluding carboxylic acids is 1. The SMILES string of the molecule is O=C(CCSc1ccc(F)c(F)c1)NCCc1cnc[nH]1. The van der Waals surface area contributed by atoms with Gasteiger partial charge < -0.3 is 10.3 Å². The van der Waals surface area contributed by atoms with Gasteiger partial charge in [0.15, 0.2) is 11.6 Å². The number of nitrogens with zero attached hydrogens (tertiary/aromatic N) is 1. The fourth-order valence-corrected chi connectivity index (χ4v) is 2.55. The van der Waals surface area contributed by atoms with Gasteiger partial charge >= 0.3 is 0 Å². The van der Waals surface area contributed by atoms with Gasteiger partial charge in [-0.15, -0.1) is 11.8 Å². The van der Waals surface area contributed by atoms with E-state index >= 15 is 0 Å². The quantitative estimate of drug-likeness (QED) is 0.773. The Kier molecular flexibility index (Phi) is 5.74. The number of carbonyl (C=O) groups is 1. The van der Waals surface area contributed by atoms with E-state index in [-0.39, 0.29) is 5.91 Å². The first-order chi connectivity index (χ1) is 10.1. The Morgan fingerprint density at radius 3 is 2.90 bits per heavy atom. The van der Waals surface area contributed by atoms with Crippen LogP contribution in [0.15, 0.2) is 35.6 Å². The maximum atomic E-state index is 13.0. The van der Waals surface area contributed by atoms with Crippen LogP contribution < -0.4 is 5.32 Å². The molecule has 7 heteroatoms. The second-order valence-corrected chi connectivity index (χ2v) is 5.52. The molecule has 0 aliphatic carbocycles. The Morgan fingerprint density at radius 1 is 1.33 bits per heavy atom. The number of aromatic amines is 1. The summed E-state index contributed by atoms with van der Waals surface area (Å²) in [5.74, 6) is -1.29. The van der Waals surface area contributed by atoms with Gasteiger partial charge in [0, 0.05) is 41.9 Å². The highest BCUT2D eigenvalue weighted by Gasteiger charge is 2.05. The first-order valence-electron chi connectivity index (χ1n) is 6.47. The maximum absolute atomic E-state index is 13.0. The highest BCUT2D eigenvalue weighted by Crippen LogP contribution is 2.20. The monoisotopic (exact) mass is 311 g/mol. The lowest BCUT2D eigenvalue weighted by Gasteiger charge is -2.05. The molecular formula is C14H15F2N3OS. The molecule has 1 heterocycles. The van der Waals surface area contributed by atoms with Crippen molar-refractivity contribution in [3.05, 3.63) is 48.1 Å². The molecule has 0 bridgehead atoms. The number of rotatable bonds is 7. The zero-order valence-electron chi connectivity index (χ0n) is 11.2. The van der Waals surface area contributed by atoms with Crippen molar-refractivity contribution in [1.29, 1.82) is 0 Å². The van der Waals surface area contributed by atoms with Crippen LogP contribution in [0.4, 0.5) is 8.78 Å². The predicted octanol–water partition coefficient (Wildman–Crippen LogP) is 2.53. The number of hydrogen-bond donors (Lipinski definition) is 2. The number of thioether (sulfide) groups is 1. The first-order valence-corrected chi connectivity index (χ1v) is 7.45. The minimum atomic E-state index is -0.871. The van der Waals surface area contributed by atoms with E-state index in [2.05, 4.69) is 15.3 Å². The molecule has 1 aromatic heterocycles. The van der Waals surface area contributed by atoms with Gasteiger partial charge in [-0.25, -0.2) is 13.8 Å². The van der Waals surface area contributed by atoms with Crippen LogP contribution in [-0.2, 0) is 11.2 Å². The predicted molar refractivity (Wildman–Crippen MR) is 77.0 cm³/mol. The van der Waals surface area contributed by atoms with Crippen molar-refractivity contribution in [2.75, 3.05) is 12.3 Å². The average Bonchev–Trinajstić information content (AvgIpc) is 2.96. The molecule has 0 aliphatic rings. The number of nitrogens with one attached hydrogen (secondary N) is 2. The van der Waals surface area contributed by atoms with Crippen LogP contribution in [-0.4, -0.2) is 28.2 Å². The van der Waals surface area contributed by atoms with Crippen molar-refractivity contribution >= 4 is 17.7 Å². The summed E-state index contributed by atoms with van der Waals surface area (Å²) in [6, 6.07) is 3.72. The Labute approximate surface area is 125 Å². The van der Waals surface area contributed by atoms with Crippen LogP contribution in [0.1, 0.15) is 12.1 Å². The number of benzene rings is 1. The van der Waals surface area contributed by atoms with Gasteiger partial charge in [0.05, 0.1) is 6.33 Å². The van der Waals surface area contributed by atoms with Crippen molar-refractivity contribution in [2.24, 2.45) is 0 Å². The third-order valence-electron chi connectivity index (χ3n) is 2.76. The van der Waals surface area contributed by atoms with E-state index < -0.39 is 11.6 Å². The van der Waals surface area contributed by atoms with Crippen molar-refractivity contribution in [2.45, 2.75) is 17.7 Å². The number of halogens is 2. The molecule has 2 N–H and O–H groups in total. The smallest absolute Gasteiger partial charge is 0.220 e. The molecule has 1 amide bonds. The van der Waals surface area contributed by atoms with Crippen LogP contribution in [0, 0.1) is 11.6 Å². The Hall–Kier alpha value is -1.89. The lowest BCUT2D eigenvalue weighted by molar-refractivity contribution is -0.120. The zero-order valence-corrected chi connectivity index (χ0v) is 12.1. The topological polar surface area (TPSA) is 57.8 Å². The second kappa shape index (κ2) is 7.78. The zero-order chi connectivity index (χ0) is 15.1. The molecule has 112 valence electrons. The Morgan fingerprint density at radius 2 is 2.19 bits per heavy atom. The molecule has 0 saturated carbocycles. The van der Waals surface area contributed by atoms with E-state index in [1.807, 2.05) is 0 Å². The Bertz CT molecular complexity index is 590. The molecule has 4 nitrogen and oxygen atoms in total. The summed E-state index contributed by atoms with van der Waals surface area (Å²) >= 11 is 1.32. The van der Waals surface area contributed by atoms with E-state index in [4.69, 9.17) is 0 Å². The molecule has 0 unspecified atom stereocenters. The van der Waals surface area contributed by atoms with Gasteiger partial charge in [0.25, 0.3) is 0 Å². The number of aromatic nitrogens is 2. The number of H-pyrrole nitrogens is 1. The normalized spacial score (nSPS) is 10.6. The van der Waals surface area contributed by atoms with Crippen molar-refractivity contribution in [1.82, 2.24) is 15.3 Å². The molecule has 0 saturated heterocycles. The van der Waals surface area contributed by atoms with Gasteiger partial charge in [0.1, 0.15) is 0 Å². The molecule has 1 aromatic carbocycles. The first kappa shape index (κ1) is 15.5. The second-order valence-electron chi connectivity index (χ2n) is 4.35. The highest BCUT2D eigenvalue weighted by molar-refractivity contribution is 7.99. The third-order valence-corrected chi connectivity index (χ3v) is 3.76. The molecule has 0 atom stereocenters. The number of amides is 1. The molecule has 0 spiro atoms. The van der Waals surface area contributed by atoms with E-state index in [1.165, 1.54) is 17.8 Å². The number of hydrogen-bond acceptors (Lipinski definition) is 3. The Balaban J connectivity index is 1.63. The van der Waals surface area contributed by atoms with Crippen LogP contribution in [0.3, 0.4) is 0 Å². The maximum Gasteiger partial charge on any atom is 0.220 e. The van der Waals surface area contributed by atoms with Crippen LogP contribution in [0.25, 0.3) is 0 Å². The van der Waals surface area contributed by atoms with Crippen LogP contribution >= 0.6 is 11.8 Å². The van der Waals surface area contributed by atoms with Gasteiger partial charge in [-0.1, -0.05) is 0 Å². The summed E-state index contributed by atoms with van der Waals surface area (Å²) in [7, 11) is 0. The van der Waals surface area contributed by atoms with Gasteiger partial charge in [-0.05, 0) is 18.2 Å². The van der Waals surface area contributed by atoms with Gasteiger partial charge in [-0.3, -0.25) is 4.79 Å². The minimum absolute atomic E-state index is 0.0652. The fraction of sp³-hybridized carbons (Fsp3) is 0.286. The highest BCUT2D eigenvalue weighted by atomic mass is 32.2. The van der Waals surface area contributed by atoms with Crippen molar-refractivity contribution in [3.63, 3.8) is 0 Å². The molecule has 21 heavy (non-hydrogen) atoms. The minimum Gasteiger partial charge on any atom is -0.356 e. The molecular weight excluding hydrogens is 296 g/mol. The van der Waals surface area contributed by atoms with Crippen LogP contribution in [0.2, 0.25) is 0 Å². The van der Waals surface area contributed by atoms with Gasteiger partial charge in [0.2, 0.25) is 5.91 Å². The molecule has 2 aromatic rings. The summed E-state index contributed by atoms with van der Waals surface area (Å²) in [6.07, 6.45) is 4.33. The molecule has 2 rings (SSSR count). The third kappa shape index (κ3) is 5.18. The summed E-state index contributed by atoms with van der Waals surface area (Å²) in [4.78, 5) is 19.0. The average molecular weight is 311 g/mol. The lowest BCUT2D eigenvalue weighted by atomic mass is 10.3. The van der Waals surface area contributed by atoms with E-state index in [0.717, 1.165) is 17.8 Å². The standard InChI is InChI=1S/C14H15F2N3OS/c15-12-2-1-11(7-13(12)16)21-6-4-14(20)18-5-3-10-8-17-9-19-10/h1-2,7-9H,3-6H2,(H,17,19)(H,18,20).